The monoisotopic (exact) mass is 527 g/mol. The largest absolute Gasteiger partial charge is 1.00 e. The van der Waals surface area contributed by atoms with Gasteiger partial charge in [0.05, 0.1) is 18.0 Å². The molecule has 0 spiro atoms. The summed E-state index contributed by atoms with van der Waals surface area (Å²) in [6, 6.07) is 10.9. The quantitative estimate of drug-likeness (QED) is 0.141. The van der Waals surface area contributed by atoms with E-state index in [1.54, 1.807) is 24.3 Å². The number of carboxylic acids is 2. The van der Waals surface area contributed by atoms with E-state index in [0.29, 0.717) is 19.5 Å². The molecule has 1 heterocycles. The van der Waals surface area contributed by atoms with Crippen LogP contribution in [0.1, 0.15) is 33.5 Å². The van der Waals surface area contributed by atoms with E-state index in [0.717, 1.165) is 22.4 Å². The molecule has 0 radical (unpaired) electrons. The van der Waals surface area contributed by atoms with E-state index >= 15 is 0 Å². The molecular weight excluding hydrogens is 504 g/mol. The number of nitrogens with one attached hydrogen (secondary N) is 3. The van der Waals surface area contributed by atoms with E-state index in [2.05, 4.69) is 17.2 Å². The fourth-order valence-electron chi connectivity index (χ4n) is 3.38. The summed E-state index contributed by atoms with van der Waals surface area (Å²) in [6.07, 6.45) is 0.861. The van der Waals surface area contributed by atoms with Crippen LogP contribution in [-0.2, 0) is 22.4 Å². The smallest absolute Gasteiger partial charge is 0.548 e. The summed E-state index contributed by atoms with van der Waals surface area (Å²) in [5.41, 5.74) is 3.35. The van der Waals surface area contributed by atoms with Crippen molar-refractivity contribution in [2.75, 3.05) is 12.0 Å². The van der Waals surface area contributed by atoms with Crippen LogP contribution in [0.4, 0.5) is 5.69 Å². The van der Waals surface area contributed by atoms with Crippen molar-refractivity contribution < 1.29 is 127 Å². The molecule has 0 saturated carbocycles. The fraction of sp³-hybridized carbons (Fsp3) is 0.217. The van der Waals surface area contributed by atoms with Crippen molar-refractivity contribution in [1.29, 1.82) is 5.41 Å². The molecule has 0 fully saturated rings. The van der Waals surface area contributed by atoms with Gasteiger partial charge in [0, 0.05) is 16.8 Å². The number of amides is 1. The fourth-order valence-corrected chi connectivity index (χ4v) is 3.38. The van der Waals surface area contributed by atoms with Gasteiger partial charge in [0.2, 0.25) is 0 Å². The number of carbonyl (C=O) groups excluding carboxylic acids is 3. The van der Waals surface area contributed by atoms with E-state index in [4.69, 9.17) is 11.3 Å². The number of amidine groups is 1. The molecule has 0 aromatic heterocycles. The predicted octanol–water partition coefficient (Wildman–Crippen LogP) is -7.09. The van der Waals surface area contributed by atoms with Crippen LogP contribution in [0.3, 0.4) is 0 Å². The van der Waals surface area contributed by atoms with Crippen molar-refractivity contribution in [2.24, 2.45) is 5.84 Å². The van der Waals surface area contributed by atoms with Crippen molar-refractivity contribution >= 4 is 29.4 Å². The number of aryl methyl sites for hydroxylation is 2. The Kier molecular flexibility index (Phi) is 13.5. The van der Waals surface area contributed by atoms with Crippen molar-refractivity contribution in [2.45, 2.75) is 25.3 Å². The number of fused-ring (bicyclic) bond motifs is 1. The Morgan fingerprint density at radius 2 is 1.69 bits per heavy atom. The molecule has 0 unspecified atom stereocenters. The molecule has 35 heavy (non-hydrogen) atoms. The van der Waals surface area contributed by atoms with Gasteiger partial charge in [0.25, 0.3) is 5.91 Å². The average Bonchev–Trinajstić information content (AvgIpc) is 2.79. The maximum Gasteiger partial charge on any atom is 1.00 e. The minimum atomic E-state index is -1.62. The van der Waals surface area contributed by atoms with Crippen LogP contribution >= 0.6 is 0 Å². The third-order valence-electron chi connectivity index (χ3n) is 5.31. The van der Waals surface area contributed by atoms with Crippen molar-refractivity contribution in [3.63, 3.8) is 0 Å². The second-order valence-electron chi connectivity index (χ2n) is 7.67. The van der Waals surface area contributed by atoms with Gasteiger partial charge in [-0.25, -0.2) is 5.84 Å². The van der Waals surface area contributed by atoms with Gasteiger partial charge in [0.1, 0.15) is 12.5 Å². The molecule has 2 aromatic rings. The Hall–Kier alpha value is -0.907. The Labute approximate surface area is 288 Å². The number of anilines is 1. The van der Waals surface area contributed by atoms with Crippen LogP contribution in [0.15, 0.2) is 54.6 Å². The number of hydrogen-bond donors (Lipinski definition) is 4. The van der Waals surface area contributed by atoms with Crippen LogP contribution in [0, 0.1) is 5.41 Å². The van der Waals surface area contributed by atoms with Crippen molar-refractivity contribution in [3.8, 4) is 0 Å². The molecule has 0 saturated heterocycles. The first-order chi connectivity index (χ1) is 15.7. The van der Waals surface area contributed by atoms with Gasteiger partial charge in [-0.2, -0.15) is 0 Å². The van der Waals surface area contributed by atoms with Crippen LogP contribution in [0.2, 0.25) is 0 Å². The molecule has 1 aliphatic rings. The summed E-state index contributed by atoms with van der Waals surface area (Å²) >= 11 is 0. The summed E-state index contributed by atoms with van der Waals surface area (Å²) in [6.45, 7) is 3.59. The van der Waals surface area contributed by atoms with Gasteiger partial charge in [-0.3, -0.25) is 15.2 Å². The van der Waals surface area contributed by atoms with Gasteiger partial charge < -0.3 is 30.4 Å². The summed E-state index contributed by atoms with van der Waals surface area (Å²) in [5.74, 6) is 2.14. The van der Waals surface area contributed by atoms with Crippen LogP contribution in [0.25, 0.3) is 0 Å². The van der Waals surface area contributed by atoms with Crippen LogP contribution in [-0.4, -0.2) is 41.4 Å². The minimum Gasteiger partial charge on any atom is -0.548 e. The zero-order valence-electron chi connectivity index (χ0n) is 19.7. The molecule has 0 aliphatic carbocycles. The average molecular weight is 528 g/mol. The summed E-state index contributed by atoms with van der Waals surface area (Å²) in [5, 5.41) is 36.8. The summed E-state index contributed by atoms with van der Waals surface area (Å²) in [4.78, 5) is 34.3. The molecule has 12 heteroatoms. The van der Waals surface area contributed by atoms with E-state index in [-0.39, 0.29) is 114 Å². The second kappa shape index (κ2) is 14.7. The third-order valence-corrected chi connectivity index (χ3v) is 5.31. The number of nitrogens with zero attached hydrogens (tertiary/aromatic N) is 1. The SMILES string of the molecule is C=C(C[C@H](NC(=O)c1ccc(CCc2ccc3c(c2)C(=N)N(N)CN3)cc1)C(=O)[O-])C(=O)[O-].[K+].[K+]. The molecule has 1 amide bonds. The first-order valence-electron chi connectivity index (χ1n) is 10.1. The number of aliphatic carboxylic acids is 2. The normalized spacial score (nSPS) is 12.7. The molecule has 0 bridgehead atoms. The van der Waals surface area contributed by atoms with E-state index in [1.807, 2.05) is 18.2 Å². The maximum absolute atomic E-state index is 12.4. The first kappa shape index (κ1) is 32.1. The van der Waals surface area contributed by atoms with Gasteiger partial charge in [-0.1, -0.05) is 24.8 Å². The molecule has 172 valence electrons. The Morgan fingerprint density at radius 1 is 1.09 bits per heavy atom. The molecule has 2 aromatic carbocycles. The molecule has 5 N–H and O–H groups in total. The number of hydrogen-bond acceptors (Lipinski definition) is 8. The van der Waals surface area contributed by atoms with E-state index in [1.165, 1.54) is 5.01 Å². The number of nitrogens with two attached hydrogens (primary N) is 1. The van der Waals surface area contributed by atoms with Crippen molar-refractivity contribution in [3.05, 3.63) is 76.9 Å². The second-order valence-corrected chi connectivity index (χ2v) is 7.67. The van der Waals surface area contributed by atoms with E-state index in [9.17, 15) is 24.6 Å². The molecule has 10 nitrogen and oxygen atoms in total. The number of carboxylic acid groups (broad SMARTS) is 2. The Bertz CT molecular complexity index is 1120. The first-order valence-corrected chi connectivity index (χ1v) is 10.1. The molecular formula is C23H23K2N5O5. The van der Waals surface area contributed by atoms with Gasteiger partial charge in [-0.05, 0) is 60.2 Å². The van der Waals surface area contributed by atoms with Crippen LogP contribution < -0.4 is 129 Å². The van der Waals surface area contributed by atoms with Gasteiger partial charge >= 0.3 is 103 Å². The number of benzene rings is 2. The summed E-state index contributed by atoms with van der Waals surface area (Å²) < 4.78 is 0. The van der Waals surface area contributed by atoms with Gasteiger partial charge in [-0.15, -0.1) is 0 Å². The predicted molar refractivity (Wildman–Crippen MR) is 117 cm³/mol. The number of rotatable bonds is 9. The van der Waals surface area contributed by atoms with Gasteiger partial charge in [0.15, 0.2) is 0 Å². The summed E-state index contributed by atoms with van der Waals surface area (Å²) in [7, 11) is 0. The topological polar surface area (TPSA) is 174 Å². The zero-order valence-corrected chi connectivity index (χ0v) is 26.0. The standard InChI is InChI=1S/C23H25N5O5.2K/c1-13(22(30)31)10-19(23(32)33)27-21(29)16-7-4-14(5-8-16)2-3-15-6-9-18-17(11-15)20(24)28(25)12-26-18;;/h4-9,11,19,24,26H,1-3,10,12,25H2,(H,27,29)(H,30,31)(H,32,33);;/q;2*+1/p-2/t19-;;/m0../s1. The number of hydrazine groups is 1. The van der Waals surface area contributed by atoms with Crippen molar-refractivity contribution in [1.82, 2.24) is 10.3 Å². The Morgan fingerprint density at radius 3 is 2.29 bits per heavy atom. The third kappa shape index (κ3) is 8.86. The van der Waals surface area contributed by atoms with E-state index < -0.39 is 35.9 Å². The molecule has 3 rings (SSSR count). The zero-order chi connectivity index (χ0) is 24.1. The molecule has 1 atom stereocenters. The Balaban J connectivity index is 0.00000306. The maximum atomic E-state index is 12.4. The van der Waals surface area contributed by atoms with Crippen LogP contribution in [0.5, 0.6) is 0 Å². The molecule has 1 aliphatic heterocycles. The number of carbonyl (C=O) groups is 3. The minimum absolute atomic E-state index is 0.